The molecular weight excluding hydrogens is 418 g/mol. The van der Waals surface area contributed by atoms with Crippen molar-refractivity contribution in [1.82, 2.24) is 25.0 Å². The standard InChI is InChI=1S/C25H31N5OS/c31-24(26-15-14-21-10-4-1-5-11-21)20-32-25-28-27-23(19-29-16-8-3-9-17-29)30(25)18-22-12-6-2-7-13-22/h1-2,4-7,10-13H,3,8-9,14-20H2,(H,26,31). The highest BCUT2D eigenvalue weighted by Crippen LogP contribution is 2.21. The fraction of sp³-hybridized carbons (Fsp3) is 0.400. The van der Waals surface area contributed by atoms with E-state index < -0.39 is 0 Å². The number of carbonyl (C=O) groups excluding carboxylic acids is 1. The Bertz CT molecular complexity index is 971. The Balaban J connectivity index is 1.36. The molecule has 2 heterocycles. The number of rotatable bonds is 10. The fourth-order valence-electron chi connectivity index (χ4n) is 3.96. The predicted octanol–water partition coefficient (Wildman–Crippen LogP) is 3.76. The van der Waals surface area contributed by atoms with Gasteiger partial charge in [0.25, 0.3) is 0 Å². The summed E-state index contributed by atoms with van der Waals surface area (Å²) in [6, 6.07) is 20.6. The number of likely N-dealkylation sites (tertiary alicyclic amines) is 1. The molecule has 1 amide bonds. The van der Waals surface area contributed by atoms with E-state index in [2.05, 4.69) is 61.4 Å². The van der Waals surface area contributed by atoms with Crippen molar-refractivity contribution >= 4 is 17.7 Å². The van der Waals surface area contributed by atoms with Crippen LogP contribution in [0.15, 0.2) is 65.8 Å². The molecule has 32 heavy (non-hydrogen) atoms. The van der Waals surface area contributed by atoms with Gasteiger partial charge in [0.15, 0.2) is 5.16 Å². The second-order valence-corrected chi connectivity index (χ2v) is 9.12. The highest BCUT2D eigenvalue weighted by atomic mass is 32.2. The maximum absolute atomic E-state index is 12.4. The second-order valence-electron chi connectivity index (χ2n) is 8.18. The molecule has 6 nitrogen and oxygen atoms in total. The van der Waals surface area contributed by atoms with Gasteiger partial charge in [-0.3, -0.25) is 9.69 Å². The number of amides is 1. The van der Waals surface area contributed by atoms with Crippen LogP contribution in [0.5, 0.6) is 0 Å². The molecule has 0 aliphatic carbocycles. The molecule has 3 aromatic rings. The van der Waals surface area contributed by atoms with E-state index in [0.717, 1.165) is 43.6 Å². The lowest BCUT2D eigenvalue weighted by atomic mass is 10.1. The zero-order valence-corrected chi connectivity index (χ0v) is 19.3. The number of thioether (sulfide) groups is 1. The van der Waals surface area contributed by atoms with E-state index in [-0.39, 0.29) is 5.91 Å². The van der Waals surface area contributed by atoms with Crippen molar-refractivity contribution in [3.63, 3.8) is 0 Å². The molecule has 2 aromatic carbocycles. The molecular formula is C25H31N5OS. The molecule has 1 fully saturated rings. The highest BCUT2D eigenvalue weighted by Gasteiger charge is 2.18. The summed E-state index contributed by atoms with van der Waals surface area (Å²) < 4.78 is 2.17. The first-order valence-electron chi connectivity index (χ1n) is 11.4. The van der Waals surface area contributed by atoms with Crippen LogP contribution in [0.1, 0.15) is 36.2 Å². The third-order valence-electron chi connectivity index (χ3n) is 5.70. The number of hydrogen-bond acceptors (Lipinski definition) is 5. The Morgan fingerprint density at radius 2 is 1.56 bits per heavy atom. The highest BCUT2D eigenvalue weighted by molar-refractivity contribution is 7.99. The van der Waals surface area contributed by atoms with Crippen molar-refractivity contribution in [2.24, 2.45) is 0 Å². The second kappa shape index (κ2) is 11.8. The van der Waals surface area contributed by atoms with Crippen LogP contribution in [0.4, 0.5) is 0 Å². The van der Waals surface area contributed by atoms with Crippen LogP contribution in [-0.4, -0.2) is 51.0 Å². The van der Waals surface area contributed by atoms with Crippen molar-refractivity contribution in [3.05, 3.63) is 77.6 Å². The van der Waals surface area contributed by atoms with E-state index in [9.17, 15) is 4.79 Å². The maximum Gasteiger partial charge on any atom is 0.230 e. The lowest BCUT2D eigenvalue weighted by molar-refractivity contribution is -0.118. The third-order valence-corrected chi connectivity index (χ3v) is 6.67. The summed E-state index contributed by atoms with van der Waals surface area (Å²) >= 11 is 1.46. The minimum Gasteiger partial charge on any atom is -0.355 e. The lowest BCUT2D eigenvalue weighted by Gasteiger charge is -2.26. The Morgan fingerprint density at radius 1 is 0.875 bits per heavy atom. The zero-order chi connectivity index (χ0) is 22.0. The summed E-state index contributed by atoms with van der Waals surface area (Å²) in [4.78, 5) is 14.9. The van der Waals surface area contributed by atoms with Gasteiger partial charge in [-0.05, 0) is 43.5 Å². The third kappa shape index (κ3) is 6.68. The van der Waals surface area contributed by atoms with Crippen molar-refractivity contribution in [2.45, 2.75) is 43.9 Å². The van der Waals surface area contributed by atoms with E-state index in [1.165, 1.54) is 42.2 Å². The van der Waals surface area contributed by atoms with Gasteiger partial charge in [-0.15, -0.1) is 10.2 Å². The van der Waals surface area contributed by atoms with Crippen molar-refractivity contribution in [2.75, 3.05) is 25.4 Å². The summed E-state index contributed by atoms with van der Waals surface area (Å²) in [6.07, 6.45) is 4.64. The van der Waals surface area contributed by atoms with Gasteiger partial charge in [0.05, 0.1) is 18.8 Å². The summed E-state index contributed by atoms with van der Waals surface area (Å²) in [5.74, 6) is 1.34. The van der Waals surface area contributed by atoms with Crippen LogP contribution < -0.4 is 5.32 Å². The van der Waals surface area contributed by atoms with E-state index in [4.69, 9.17) is 0 Å². The molecule has 1 N–H and O–H groups in total. The molecule has 0 radical (unpaired) electrons. The van der Waals surface area contributed by atoms with E-state index >= 15 is 0 Å². The number of benzene rings is 2. The molecule has 0 bridgehead atoms. The van der Waals surface area contributed by atoms with Crippen LogP contribution in [0, 0.1) is 0 Å². The molecule has 4 rings (SSSR count). The van der Waals surface area contributed by atoms with Crippen LogP contribution in [0.25, 0.3) is 0 Å². The van der Waals surface area contributed by atoms with Gasteiger partial charge in [0.2, 0.25) is 5.91 Å². The summed E-state index contributed by atoms with van der Waals surface area (Å²) in [5, 5.41) is 12.8. The number of hydrogen-bond donors (Lipinski definition) is 1. The van der Waals surface area contributed by atoms with Crippen molar-refractivity contribution in [1.29, 1.82) is 0 Å². The van der Waals surface area contributed by atoms with Crippen LogP contribution in [0.2, 0.25) is 0 Å². The Labute approximate surface area is 194 Å². The van der Waals surface area contributed by atoms with Crippen LogP contribution >= 0.6 is 11.8 Å². The normalized spacial score (nSPS) is 14.4. The van der Waals surface area contributed by atoms with Crippen molar-refractivity contribution < 1.29 is 4.79 Å². The van der Waals surface area contributed by atoms with E-state index in [1.807, 2.05) is 24.3 Å². The molecule has 1 aromatic heterocycles. The Hall–Kier alpha value is -2.64. The van der Waals surface area contributed by atoms with Gasteiger partial charge < -0.3 is 9.88 Å². The Kier molecular flexibility index (Phi) is 8.34. The topological polar surface area (TPSA) is 63.1 Å². The molecule has 1 aliphatic heterocycles. The SMILES string of the molecule is O=C(CSc1nnc(CN2CCCCC2)n1Cc1ccccc1)NCCc1ccccc1. The molecule has 1 aliphatic rings. The lowest BCUT2D eigenvalue weighted by Crippen LogP contribution is -2.30. The first-order chi connectivity index (χ1) is 15.8. The van der Waals surface area contributed by atoms with Crippen LogP contribution in [0.3, 0.4) is 0 Å². The van der Waals surface area contributed by atoms with E-state index in [1.54, 1.807) is 0 Å². The van der Waals surface area contributed by atoms with Crippen LogP contribution in [-0.2, 0) is 24.3 Å². The fourth-order valence-corrected chi connectivity index (χ4v) is 4.74. The molecule has 7 heteroatoms. The molecule has 168 valence electrons. The number of nitrogens with zero attached hydrogens (tertiary/aromatic N) is 4. The molecule has 0 unspecified atom stereocenters. The molecule has 0 atom stereocenters. The number of aromatic nitrogens is 3. The average molecular weight is 450 g/mol. The van der Waals surface area contributed by atoms with Gasteiger partial charge >= 0.3 is 0 Å². The average Bonchev–Trinajstić information content (AvgIpc) is 3.20. The van der Waals surface area contributed by atoms with E-state index in [0.29, 0.717) is 12.3 Å². The predicted molar refractivity (Wildman–Crippen MR) is 129 cm³/mol. The van der Waals surface area contributed by atoms with Gasteiger partial charge in [0, 0.05) is 6.54 Å². The summed E-state index contributed by atoms with van der Waals surface area (Å²) in [7, 11) is 0. The largest absolute Gasteiger partial charge is 0.355 e. The molecule has 0 spiro atoms. The Morgan fingerprint density at radius 3 is 2.28 bits per heavy atom. The zero-order valence-electron chi connectivity index (χ0n) is 18.4. The van der Waals surface area contributed by atoms with Gasteiger partial charge in [-0.2, -0.15) is 0 Å². The number of carbonyl (C=O) groups is 1. The summed E-state index contributed by atoms with van der Waals surface area (Å²) in [6.45, 7) is 4.40. The quantitative estimate of drug-likeness (QED) is 0.478. The monoisotopic (exact) mass is 449 g/mol. The number of nitrogens with one attached hydrogen (secondary N) is 1. The summed E-state index contributed by atoms with van der Waals surface area (Å²) in [5.41, 5.74) is 2.44. The first-order valence-corrected chi connectivity index (χ1v) is 12.4. The minimum absolute atomic E-state index is 0.0257. The smallest absolute Gasteiger partial charge is 0.230 e. The van der Waals surface area contributed by atoms with Gasteiger partial charge in [-0.1, -0.05) is 78.8 Å². The van der Waals surface area contributed by atoms with Crippen molar-refractivity contribution in [3.8, 4) is 0 Å². The van der Waals surface area contributed by atoms with Gasteiger partial charge in [0.1, 0.15) is 5.82 Å². The number of piperidine rings is 1. The maximum atomic E-state index is 12.4. The minimum atomic E-state index is 0.0257. The first kappa shape index (κ1) is 22.6. The molecule has 0 saturated carbocycles. The van der Waals surface area contributed by atoms with Gasteiger partial charge in [-0.25, -0.2) is 0 Å². The molecule has 1 saturated heterocycles.